The smallest absolute Gasteiger partial charge is 0.191 e. The van der Waals surface area contributed by atoms with E-state index in [4.69, 9.17) is 9.47 Å². The molecule has 2 saturated heterocycles. The molecule has 1 aromatic carbocycles. The number of hydrogen-bond acceptors (Lipinski definition) is 5. The van der Waals surface area contributed by atoms with Gasteiger partial charge in [0, 0.05) is 37.3 Å². The van der Waals surface area contributed by atoms with Gasteiger partial charge in [0.2, 0.25) is 0 Å². The molecule has 0 unspecified atom stereocenters. The summed E-state index contributed by atoms with van der Waals surface area (Å²) < 4.78 is 10.8. The molecule has 0 aromatic heterocycles. The van der Waals surface area contributed by atoms with E-state index in [-0.39, 0.29) is 5.54 Å². The van der Waals surface area contributed by atoms with Crippen molar-refractivity contribution in [2.45, 2.75) is 44.2 Å². The maximum absolute atomic E-state index is 5.52. The Labute approximate surface area is 181 Å². The van der Waals surface area contributed by atoms with E-state index in [2.05, 4.69) is 32.5 Å². The molecule has 2 N–H and O–H groups in total. The van der Waals surface area contributed by atoms with Crippen LogP contribution in [0.5, 0.6) is 11.5 Å². The summed E-state index contributed by atoms with van der Waals surface area (Å²) in [6, 6.07) is 5.90. The number of aliphatic imine (C=N–C) groups is 1. The zero-order valence-corrected chi connectivity index (χ0v) is 19.2. The highest BCUT2D eigenvalue weighted by Crippen LogP contribution is 2.31. The molecular weight excluding hydrogens is 378 g/mol. The summed E-state index contributed by atoms with van der Waals surface area (Å²) in [7, 11) is 7.42. The van der Waals surface area contributed by atoms with E-state index >= 15 is 0 Å². The van der Waals surface area contributed by atoms with Gasteiger partial charge in [0.25, 0.3) is 0 Å². The fourth-order valence-corrected chi connectivity index (χ4v) is 4.65. The fraction of sp³-hybridized carbons (Fsp3) is 0.696. The lowest BCUT2D eigenvalue weighted by atomic mass is 9.84. The molecule has 7 heteroatoms. The van der Waals surface area contributed by atoms with Crippen LogP contribution in [-0.4, -0.2) is 82.3 Å². The number of methoxy groups -OCH3 is 2. The average molecular weight is 418 g/mol. The lowest BCUT2D eigenvalue weighted by Gasteiger charge is -2.50. The quantitative estimate of drug-likeness (QED) is 0.525. The van der Waals surface area contributed by atoms with Gasteiger partial charge in [-0.1, -0.05) is 6.42 Å². The number of nitrogens with zero attached hydrogens (tertiary/aromatic N) is 3. The summed E-state index contributed by atoms with van der Waals surface area (Å²) in [5.41, 5.74) is 1.30. The maximum atomic E-state index is 5.52. The molecule has 0 radical (unpaired) electrons. The van der Waals surface area contributed by atoms with Gasteiger partial charge >= 0.3 is 0 Å². The van der Waals surface area contributed by atoms with Gasteiger partial charge in [-0.25, -0.2) is 0 Å². The molecule has 1 aromatic rings. The fourth-order valence-electron chi connectivity index (χ4n) is 4.65. The van der Waals surface area contributed by atoms with Crippen molar-refractivity contribution in [3.63, 3.8) is 0 Å². The molecule has 2 aliphatic rings. The van der Waals surface area contributed by atoms with E-state index < -0.39 is 0 Å². The van der Waals surface area contributed by atoms with Gasteiger partial charge < -0.3 is 25.0 Å². The Balaban J connectivity index is 1.61. The number of likely N-dealkylation sites (tertiary alicyclic amines) is 2. The number of benzene rings is 1. The van der Waals surface area contributed by atoms with Crippen molar-refractivity contribution in [2.24, 2.45) is 4.99 Å². The van der Waals surface area contributed by atoms with Crippen molar-refractivity contribution in [1.82, 2.24) is 20.4 Å². The largest absolute Gasteiger partial charge is 0.497 e. The number of hydrogen-bond donors (Lipinski definition) is 2. The molecule has 3 rings (SSSR count). The molecule has 2 heterocycles. The van der Waals surface area contributed by atoms with Crippen molar-refractivity contribution in [3.05, 3.63) is 23.8 Å². The van der Waals surface area contributed by atoms with Gasteiger partial charge in [-0.3, -0.25) is 9.89 Å². The van der Waals surface area contributed by atoms with Crippen molar-refractivity contribution >= 4 is 5.96 Å². The summed E-state index contributed by atoms with van der Waals surface area (Å²) in [6.45, 7) is 6.34. The van der Waals surface area contributed by atoms with Gasteiger partial charge in [0.05, 0.1) is 14.2 Å². The van der Waals surface area contributed by atoms with E-state index in [0.29, 0.717) is 6.54 Å². The second kappa shape index (κ2) is 10.9. The highest BCUT2D eigenvalue weighted by molar-refractivity contribution is 5.79. The molecule has 0 bridgehead atoms. The summed E-state index contributed by atoms with van der Waals surface area (Å²) in [6.07, 6.45) is 6.43. The van der Waals surface area contributed by atoms with E-state index in [1.54, 1.807) is 14.2 Å². The summed E-state index contributed by atoms with van der Waals surface area (Å²) >= 11 is 0. The summed E-state index contributed by atoms with van der Waals surface area (Å²) in [5.74, 6) is 2.45. The first-order chi connectivity index (χ1) is 14.6. The molecule has 2 fully saturated rings. The first-order valence-electron chi connectivity index (χ1n) is 11.2. The molecule has 0 aliphatic carbocycles. The minimum absolute atomic E-state index is 0.225. The third kappa shape index (κ3) is 5.58. The monoisotopic (exact) mass is 417 g/mol. The van der Waals surface area contributed by atoms with Crippen molar-refractivity contribution in [3.8, 4) is 11.5 Å². The number of ether oxygens (including phenoxy) is 2. The SMILES string of the molecule is CN=C(NCc1ccc(OC)cc1OC)NCC1(N2CCCCC2)CCN(C)CC1. The van der Waals surface area contributed by atoms with Crippen LogP contribution < -0.4 is 20.1 Å². The molecule has 0 amide bonds. The number of nitrogens with one attached hydrogen (secondary N) is 2. The topological polar surface area (TPSA) is 61.4 Å². The van der Waals surface area contributed by atoms with Crippen molar-refractivity contribution in [2.75, 3.05) is 61.0 Å². The van der Waals surface area contributed by atoms with E-state index in [1.165, 1.54) is 45.2 Å². The molecule has 0 saturated carbocycles. The first-order valence-corrected chi connectivity index (χ1v) is 11.2. The van der Waals surface area contributed by atoms with Crippen molar-refractivity contribution in [1.29, 1.82) is 0 Å². The van der Waals surface area contributed by atoms with Crippen molar-refractivity contribution < 1.29 is 9.47 Å². The Bertz CT molecular complexity index is 695. The third-order valence-electron chi connectivity index (χ3n) is 6.69. The minimum Gasteiger partial charge on any atom is -0.497 e. The predicted molar refractivity (Wildman–Crippen MR) is 123 cm³/mol. The van der Waals surface area contributed by atoms with Crippen LogP contribution in [0.3, 0.4) is 0 Å². The molecule has 168 valence electrons. The number of piperidine rings is 2. The molecule has 0 spiro atoms. The van der Waals surface area contributed by atoms with Crippen LogP contribution in [0.2, 0.25) is 0 Å². The Morgan fingerprint density at radius 2 is 1.77 bits per heavy atom. The van der Waals surface area contributed by atoms with Crippen LogP contribution in [-0.2, 0) is 6.54 Å². The van der Waals surface area contributed by atoms with Gasteiger partial charge in [-0.05, 0) is 71.0 Å². The highest BCUT2D eigenvalue weighted by atomic mass is 16.5. The molecule has 7 nitrogen and oxygen atoms in total. The van der Waals surface area contributed by atoms with Gasteiger partial charge in [0.1, 0.15) is 11.5 Å². The maximum Gasteiger partial charge on any atom is 0.191 e. The minimum atomic E-state index is 0.225. The van der Waals surface area contributed by atoms with E-state index in [0.717, 1.165) is 42.7 Å². The Morgan fingerprint density at radius 3 is 2.40 bits per heavy atom. The predicted octanol–water partition coefficient (Wildman–Crippen LogP) is 2.32. The number of guanidine groups is 1. The standard InChI is InChI=1S/C23H39N5O2/c1-24-22(25-17-19-8-9-20(29-3)16-21(19)30-4)26-18-23(10-14-27(2)15-11-23)28-12-6-5-7-13-28/h8-9,16H,5-7,10-15,17-18H2,1-4H3,(H2,24,25,26). The Morgan fingerprint density at radius 1 is 1.03 bits per heavy atom. The molecular formula is C23H39N5O2. The normalized spacial score (nSPS) is 20.6. The molecule has 0 atom stereocenters. The molecule has 30 heavy (non-hydrogen) atoms. The van der Waals surface area contributed by atoms with E-state index in [9.17, 15) is 0 Å². The van der Waals surface area contributed by atoms with Crippen LogP contribution in [0, 0.1) is 0 Å². The van der Waals surface area contributed by atoms with Gasteiger partial charge in [0.15, 0.2) is 5.96 Å². The lowest BCUT2D eigenvalue weighted by molar-refractivity contribution is 0.0173. The summed E-state index contributed by atoms with van der Waals surface area (Å²) in [4.78, 5) is 9.66. The highest BCUT2D eigenvalue weighted by Gasteiger charge is 2.39. The molecule has 2 aliphatic heterocycles. The third-order valence-corrected chi connectivity index (χ3v) is 6.69. The van der Waals surface area contributed by atoms with E-state index in [1.807, 2.05) is 25.2 Å². The average Bonchev–Trinajstić information content (AvgIpc) is 2.81. The second-order valence-electron chi connectivity index (χ2n) is 8.53. The Kier molecular flexibility index (Phi) is 8.22. The second-order valence-corrected chi connectivity index (χ2v) is 8.53. The summed E-state index contributed by atoms with van der Waals surface area (Å²) in [5, 5.41) is 7.09. The zero-order chi connectivity index (χ0) is 21.4. The first kappa shape index (κ1) is 22.7. The van der Waals surface area contributed by atoms with Gasteiger partial charge in [-0.2, -0.15) is 0 Å². The zero-order valence-electron chi connectivity index (χ0n) is 19.2. The Hall–Kier alpha value is -1.99. The number of rotatable bonds is 7. The lowest BCUT2D eigenvalue weighted by Crippen LogP contribution is -2.62. The van der Waals surface area contributed by atoms with Gasteiger partial charge in [-0.15, -0.1) is 0 Å². The van der Waals surface area contributed by atoms with Crippen LogP contribution in [0.15, 0.2) is 23.2 Å². The van der Waals surface area contributed by atoms with Crippen LogP contribution in [0.1, 0.15) is 37.7 Å². The van der Waals surface area contributed by atoms with Crippen LogP contribution >= 0.6 is 0 Å². The van der Waals surface area contributed by atoms with Crippen LogP contribution in [0.4, 0.5) is 0 Å². The van der Waals surface area contributed by atoms with Crippen LogP contribution in [0.25, 0.3) is 0 Å².